The van der Waals surface area contributed by atoms with Crippen LogP contribution in [-0.2, 0) is 6.54 Å². The molecule has 0 saturated carbocycles. The van der Waals surface area contributed by atoms with Gasteiger partial charge in [0.15, 0.2) is 0 Å². The number of aromatic nitrogens is 1. The normalized spacial score (nSPS) is 18.9. The number of nitrogens with two attached hydrogens (primary N) is 1. The molecule has 1 aromatic heterocycles. The molecule has 5 heteroatoms. The average molecular weight is 278 g/mol. The van der Waals surface area contributed by atoms with Crippen LogP contribution in [0.25, 0.3) is 0 Å². The zero-order valence-corrected chi connectivity index (χ0v) is 12.6. The molecule has 2 heterocycles. The molecule has 112 valence electrons. The van der Waals surface area contributed by atoms with Crippen molar-refractivity contribution in [2.75, 3.05) is 46.4 Å². The van der Waals surface area contributed by atoms with Crippen molar-refractivity contribution in [3.05, 3.63) is 23.9 Å². The quantitative estimate of drug-likeness (QED) is 0.834. The summed E-state index contributed by atoms with van der Waals surface area (Å²) in [5.74, 6) is 1.33. The maximum Gasteiger partial charge on any atom is 0.217 e. The lowest BCUT2D eigenvalue weighted by Gasteiger charge is -2.35. The van der Waals surface area contributed by atoms with E-state index in [1.54, 1.807) is 13.3 Å². The zero-order valence-electron chi connectivity index (χ0n) is 12.6. The molecule has 1 aliphatic rings. The SMILES string of the molecule is COc1ncccc1CN1CCN(CC(C)CN)CC1. The van der Waals surface area contributed by atoms with Gasteiger partial charge in [-0.25, -0.2) is 4.98 Å². The van der Waals surface area contributed by atoms with Crippen molar-refractivity contribution < 1.29 is 4.74 Å². The zero-order chi connectivity index (χ0) is 14.4. The van der Waals surface area contributed by atoms with Gasteiger partial charge >= 0.3 is 0 Å². The highest BCUT2D eigenvalue weighted by Crippen LogP contribution is 2.17. The number of pyridine rings is 1. The molecule has 0 aliphatic carbocycles. The third kappa shape index (κ3) is 4.16. The minimum atomic E-state index is 0.583. The first-order chi connectivity index (χ1) is 9.72. The van der Waals surface area contributed by atoms with Gasteiger partial charge in [0.2, 0.25) is 5.88 Å². The van der Waals surface area contributed by atoms with Crippen LogP contribution in [0.1, 0.15) is 12.5 Å². The maximum absolute atomic E-state index is 5.69. The van der Waals surface area contributed by atoms with Gasteiger partial charge in [0.1, 0.15) is 0 Å². The lowest BCUT2D eigenvalue weighted by atomic mass is 10.1. The first-order valence-corrected chi connectivity index (χ1v) is 7.35. The van der Waals surface area contributed by atoms with E-state index in [0.29, 0.717) is 5.92 Å². The topological polar surface area (TPSA) is 54.6 Å². The van der Waals surface area contributed by atoms with Crippen molar-refractivity contribution in [2.45, 2.75) is 13.5 Å². The lowest BCUT2D eigenvalue weighted by molar-refractivity contribution is 0.115. The summed E-state index contributed by atoms with van der Waals surface area (Å²) in [4.78, 5) is 9.22. The summed E-state index contributed by atoms with van der Waals surface area (Å²) in [6, 6.07) is 4.06. The van der Waals surface area contributed by atoms with Gasteiger partial charge in [-0.05, 0) is 18.5 Å². The van der Waals surface area contributed by atoms with Gasteiger partial charge in [-0.15, -0.1) is 0 Å². The molecule has 1 aliphatic heterocycles. The van der Waals surface area contributed by atoms with Gasteiger partial charge in [-0.3, -0.25) is 4.90 Å². The van der Waals surface area contributed by atoms with E-state index >= 15 is 0 Å². The number of hydrogen-bond donors (Lipinski definition) is 1. The third-order valence-electron chi connectivity index (χ3n) is 3.87. The molecule has 5 nitrogen and oxygen atoms in total. The van der Waals surface area contributed by atoms with Crippen molar-refractivity contribution >= 4 is 0 Å². The van der Waals surface area contributed by atoms with Crippen LogP contribution in [0.2, 0.25) is 0 Å². The van der Waals surface area contributed by atoms with Gasteiger partial charge in [-0.1, -0.05) is 13.0 Å². The van der Waals surface area contributed by atoms with Gasteiger partial charge in [0, 0.05) is 51.0 Å². The minimum Gasteiger partial charge on any atom is -0.481 e. The maximum atomic E-state index is 5.69. The Labute approximate surface area is 121 Å². The standard InChI is InChI=1S/C15H26N4O/c1-13(10-16)11-18-6-8-19(9-7-18)12-14-4-3-5-17-15(14)20-2/h3-5,13H,6-12,16H2,1-2H3. The Bertz CT molecular complexity index is 405. The van der Waals surface area contributed by atoms with Crippen molar-refractivity contribution in [1.82, 2.24) is 14.8 Å². The van der Waals surface area contributed by atoms with Gasteiger partial charge in [-0.2, -0.15) is 0 Å². The molecule has 2 N–H and O–H groups in total. The van der Waals surface area contributed by atoms with Gasteiger partial charge < -0.3 is 15.4 Å². The molecule has 1 fully saturated rings. The molecule has 0 bridgehead atoms. The van der Waals surface area contributed by atoms with Crippen molar-refractivity contribution in [1.29, 1.82) is 0 Å². The third-order valence-corrected chi connectivity index (χ3v) is 3.87. The van der Waals surface area contributed by atoms with E-state index in [9.17, 15) is 0 Å². The van der Waals surface area contributed by atoms with Gasteiger partial charge in [0.25, 0.3) is 0 Å². The number of rotatable bonds is 6. The van der Waals surface area contributed by atoms with E-state index in [0.717, 1.165) is 51.7 Å². The Hall–Kier alpha value is -1.17. The highest BCUT2D eigenvalue weighted by Gasteiger charge is 2.19. The number of ether oxygens (including phenoxy) is 1. The first kappa shape index (κ1) is 15.2. The monoisotopic (exact) mass is 278 g/mol. The first-order valence-electron chi connectivity index (χ1n) is 7.35. The second-order valence-electron chi connectivity index (χ2n) is 5.59. The summed E-state index contributed by atoms with van der Waals surface area (Å²) in [7, 11) is 1.68. The lowest BCUT2D eigenvalue weighted by Crippen LogP contribution is -2.47. The fraction of sp³-hybridized carbons (Fsp3) is 0.667. The van der Waals surface area contributed by atoms with Crippen LogP contribution in [0.15, 0.2) is 18.3 Å². The van der Waals surface area contributed by atoms with Crippen LogP contribution in [0.5, 0.6) is 5.88 Å². The second-order valence-corrected chi connectivity index (χ2v) is 5.59. The smallest absolute Gasteiger partial charge is 0.217 e. The minimum absolute atomic E-state index is 0.583. The molecule has 20 heavy (non-hydrogen) atoms. The molecule has 0 aromatic carbocycles. The summed E-state index contributed by atoms with van der Waals surface area (Å²) >= 11 is 0. The van der Waals surface area contributed by atoms with Crippen LogP contribution in [-0.4, -0.2) is 61.2 Å². The predicted octanol–water partition coefficient (Wildman–Crippen LogP) is 0.803. The van der Waals surface area contributed by atoms with Gasteiger partial charge in [0.05, 0.1) is 7.11 Å². The van der Waals surface area contributed by atoms with Crippen LogP contribution >= 0.6 is 0 Å². The summed E-state index contributed by atoms with van der Waals surface area (Å²) in [6.07, 6.45) is 1.77. The van der Waals surface area contributed by atoms with E-state index in [1.165, 1.54) is 5.56 Å². The second kappa shape index (κ2) is 7.57. The highest BCUT2D eigenvalue weighted by molar-refractivity contribution is 5.25. The average Bonchev–Trinajstić information content (AvgIpc) is 2.49. The molecular weight excluding hydrogens is 252 g/mol. The van der Waals surface area contributed by atoms with E-state index < -0.39 is 0 Å². The number of piperazine rings is 1. The summed E-state index contributed by atoms with van der Waals surface area (Å²) in [6.45, 7) is 9.43. The molecule has 1 unspecified atom stereocenters. The number of hydrogen-bond acceptors (Lipinski definition) is 5. The fourth-order valence-corrected chi connectivity index (χ4v) is 2.61. The van der Waals surface area contributed by atoms with Crippen LogP contribution in [0.3, 0.4) is 0 Å². The number of nitrogens with zero attached hydrogens (tertiary/aromatic N) is 3. The molecule has 1 atom stereocenters. The molecule has 0 radical (unpaired) electrons. The molecule has 1 aromatic rings. The van der Waals surface area contributed by atoms with E-state index in [4.69, 9.17) is 10.5 Å². The van der Waals surface area contributed by atoms with Crippen LogP contribution < -0.4 is 10.5 Å². The Balaban J connectivity index is 1.82. The number of methoxy groups -OCH3 is 1. The van der Waals surface area contributed by atoms with E-state index in [-0.39, 0.29) is 0 Å². The Morgan fingerprint density at radius 1 is 1.30 bits per heavy atom. The van der Waals surface area contributed by atoms with Crippen LogP contribution in [0.4, 0.5) is 0 Å². The van der Waals surface area contributed by atoms with Crippen LogP contribution in [0, 0.1) is 5.92 Å². The highest BCUT2D eigenvalue weighted by atomic mass is 16.5. The summed E-state index contributed by atoms with van der Waals surface area (Å²) < 4.78 is 5.31. The largest absolute Gasteiger partial charge is 0.481 e. The Morgan fingerprint density at radius 2 is 2.00 bits per heavy atom. The van der Waals surface area contributed by atoms with E-state index in [2.05, 4.69) is 27.8 Å². The van der Waals surface area contributed by atoms with Crippen molar-refractivity contribution in [3.63, 3.8) is 0 Å². The summed E-state index contributed by atoms with van der Waals surface area (Å²) in [5.41, 5.74) is 6.86. The molecule has 2 rings (SSSR count). The summed E-state index contributed by atoms with van der Waals surface area (Å²) in [5, 5.41) is 0. The molecule has 1 saturated heterocycles. The molecule has 0 amide bonds. The fourth-order valence-electron chi connectivity index (χ4n) is 2.61. The van der Waals surface area contributed by atoms with E-state index in [1.807, 2.05) is 6.07 Å². The predicted molar refractivity (Wildman–Crippen MR) is 80.7 cm³/mol. The van der Waals surface area contributed by atoms with Crippen molar-refractivity contribution in [3.8, 4) is 5.88 Å². The Morgan fingerprint density at radius 3 is 2.65 bits per heavy atom. The molecular formula is C15H26N4O. The van der Waals surface area contributed by atoms with Crippen molar-refractivity contribution in [2.24, 2.45) is 11.7 Å². The Kier molecular flexibility index (Phi) is 5.76. The molecule has 0 spiro atoms.